The number of imidazole rings is 1. The second-order valence-corrected chi connectivity index (χ2v) is 10.8. The van der Waals surface area contributed by atoms with Gasteiger partial charge in [-0.1, -0.05) is 0 Å². The summed E-state index contributed by atoms with van der Waals surface area (Å²) < 4.78 is 30.8. The van der Waals surface area contributed by atoms with Gasteiger partial charge in [0.1, 0.15) is 24.3 Å². The maximum atomic E-state index is 13.0. The molecule has 11 nitrogen and oxygen atoms in total. The van der Waals surface area contributed by atoms with Gasteiger partial charge in [-0.25, -0.2) is 15.0 Å². The van der Waals surface area contributed by atoms with Crippen molar-refractivity contribution in [3.05, 3.63) is 12.7 Å². The van der Waals surface area contributed by atoms with E-state index in [1.54, 1.807) is 27.7 Å². The number of hydrogen-bond acceptors (Lipinski definition) is 11. The van der Waals surface area contributed by atoms with Gasteiger partial charge in [0, 0.05) is 0 Å². The molecule has 0 aromatic carbocycles. The molecule has 2 aromatic rings. The van der Waals surface area contributed by atoms with Crippen molar-refractivity contribution in [1.82, 2.24) is 19.5 Å². The molecule has 3 rings (SSSR count). The zero-order chi connectivity index (χ0) is 21.4. The second-order valence-electron chi connectivity index (χ2n) is 7.21. The largest absolute Gasteiger partial charge is 0.384 e. The first-order chi connectivity index (χ1) is 13.6. The number of nitrogens with two attached hydrogens (primary N) is 1. The van der Waals surface area contributed by atoms with Gasteiger partial charge in [0.25, 0.3) is 5.91 Å². The third-order valence-electron chi connectivity index (χ3n) is 4.09. The zero-order valence-corrected chi connectivity index (χ0v) is 18.3. The van der Waals surface area contributed by atoms with E-state index in [2.05, 4.69) is 15.0 Å². The maximum Gasteiger partial charge on any atom is 0.340 e. The van der Waals surface area contributed by atoms with Gasteiger partial charge in [0.2, 0.25) is 0 Å². The van der Waals surface area contributed by atoms with Gasteiger partial charge in [-0.15, -0.1) is 11.8 Å². The van der Waals surface area contributed by atoms with E-state index in [4.69, 9.17) is 19.5 Å². The Bertz CT molecular complexity index is 897. The van der Waals surface area contributed by atoms with Gasteiger partial charge >= 0.3 is 7.60 Å². The van der Waals surface area contributed by atoms with E-state index in [9.17, 15) is 14.8 Å². The minimum atomic E-state index is -3.40. The molecular weight excluding hydrogens is 421 g/mol. The monoisotopic (exact) mass is 447 g/mol. The molecule has 4 N–H and O–H groups in total. The lowest BCUT2D eigenvalue weighted by atomic mass is 10.2. The van der Waals surface area contributed by atoms with E-state index in [0.717, 1.165) is 11.8 Å². The Hall–Kier alpha value is -1.27. The van der Waals surface area contributed by atoms with Crippen LogP contribution in [0.15, 0.2) is 12.7 Å². The quantitative estimate of drug-likeness (QED) is 0.504. The van der Waals surface area contributed by atoms with Crippen LogP contribution in [0.25, 0.3) is 11.2 Å². The molecule has 29 heavy (non-hydrogen) atoms. The number of anilines is 1. The van der Waals surface area contributed by atoms with Crippen LogP contribution in [-0.2, 0) is 24.3 Å². The maximum absolute atomic E-state index is 13.0. The molecule has 1 fully saturated rings. The molecule has 0 aliphatic carbocycles. The number of nitrogen functional groups attached to an aromatic ring is 1. The number of hydrogen-bond donors (Lipinski definition) is 3. The Morgan fingerprint density at radius 3 is 2.62 bits per heavy atom. The summed E-state index contributed by atoms with van der Waals surface area (Å²) in [5.74, 6) is -1.96. The highest BCUT2D eigenvalue weighted by atomic mass is 32.2. The van der Waals surface area contributed by atoms with Gasteiger partial charge in [0.15, 0.2) is 11.5 Å². The Morgan fingerprint density at radius 2 is 2.00 bits per heavy atom. The van der Waals surface area contributed by atoms with Gasteiger partial charge in [0.05, 0.1) is 29.6 Å². The smallest absolute Gasteiger partial charge is 0.340 e. The van der Waals surface area contributed by atoms with Crippen molar-refractivity contribution in [2.45, 2.75) is 57.2 Å². The first kappa shape index (κ1) is 22.4. The number of aliphatic hydroxyl groups is 2. The normalized spacial score (nSPS) is 25.5. The van der Waals surface area contributed by atoms with E-state index in [-0.39, 0.29) is 41.3 Å². The van der Waals surface area contributed by atoms with Crippen LogP contribution in [0, 0.1) is 0 Å². The fourth-order valence-electron chi connectivity index (χ4n) is 2.98. The minimum absolute atomic E-state index is 0.00429. The Kier molecular flexibility index (Phi) is 6.54. The number of thioether (sulfide) groups is 1. The molecule has 162 valence electrons. The van der Waals surface area contributed by atoms with Crippen molar-refractivity contribution in [2.24, 2.45) is 0 Å². The first-order valence-electron chi connectivity index (χ1n) is 9.11. The summed E-state index contributed by atoms with van der Waals surface area (Å²) in [5.41, 5.74) is 6.29. The average molecular weight is 447 g/mol. The van der Waals surface area contributed by atoms with Crippen molar-refractivity contribution in [2.75, 3.05) is 17.8 Å². The summed E-state index contributed by atoms with van der Waals surface area (Å²) in [5, 5.41) is 21.2. The number of fused-ring (bicyclic) bond motifs is 1. The Balaban J connectivity index is 1.77. The molecule has 1 aliphatic heterocycles. The summed E-state index contributed by atoms with van der Waals surface area (Å²) in [6, 6.07) is 0. The fourth-order valence-corrected chi connectivity index (χ4v) is 6.82. The van der Waals surface area contributed by atoms with Gasteiger partial charge < -0.3 is 29.7 Å². The lowest BCUT2D eigenvalue weighted by molar-refractivity contribution is -0.271. The molecule has 0 radical (unpaired) electrons. The van der Waals surface area contributed by atoms with E-state index in [0.29, 0.717) is 0 Å². The van der Waals surface area contributed by atoms with E-state index >= 15 is 0 Å². The van der Waals surface area contributed by atoms with E-state index < -0.39 is 24.9 Å². The topological polar surface area (TPSA) is 155 Å². The lowest BCUT2D eigenvalue weighted by Crippen LogP contribution is -2.44. The first-order valence-corrected chi connectivity index (χ1v) is 11.9. The average Bonchev–Trinajstić information content (AvgIpc) is 3.16. The number of nitrogens with zero attached hydrogens (tertiary/aromatic N) is 4. The predicted molar refractivity (Wildman–Crippen MR) is 108 cm³/mol. The standard InChI is InChI=1S/C16H26N5O6PS/c1-9(2)26-28(24,27-10(3)4)8-29-11-5-25-16(23,13(11)22)21-7-20-12-14(17)18-6-19-15(12)21/h6-7,9-11,13,22-23H,5,8H2,1-4H3,(H2,17,18,19)/t11-,13+,16-/m0/s1. The van der Waals surface area contributed by atoms with Crippen LogP contribution in [-0.4, -0.2) is 65.4 Å². The Morgan fingerprint density at radius 1 is 1.34 bits per heavy atom. The zero-order valence-electron chi connectivity index (χ0n) is 16.6. The molecular formula is C16H26N5O6PS. The molecule has 0 bridgehead atoms. The summed E-state index contributed by atoms with van der Waals surface area (Å²) >= 11 is 1.15. The predicted octanol–water partition coefficient (Wildman–Crippen LogP) is 1.50. The van der Waals surface area contributed by atoms with Crippen LogP contribution in [0.4, 0.5) is 5.82 Å². The van der Waals surface area contributed by atoms with Crippen molar-refractivity contribution in [1.29, 1.82) is 0 Å². The lowest BCUT2D eigenvalue weighted by Gasteiger charge is -2.28. The summed E-state index contributed by atoms with van der Waals surface area (Å²) in [7, 11) is -3.40. The number of aliphatic hydroxyl groups excluding tert-OH is 1. The molecule has 1 saturated heterocycles. The van der Waals surface area contributed by atoms with Gasteiger partial charge in [-0.05, 0) is 27.7 Å². The van der Waals surface area contributed by atoms with Gasteiger partial charge in [-0.3, -0.25) is 9.13 Å². The van der Waals surface area contributed by atoms with Crippen LogP contribution in [0.1, 0.15) is 27.7 Å². The van der Waals surface area contributed by atoms with Crippen molar-refractivity contribution in [3.8, 4) is 0 Å². The van der Waals surface area contributed by atoms with Crippen LogP contribution in [0.5, 0.6) is 0 Å². The van der Waals surface area contributed by atoms with Crippen LogP contribution in [0.3, 0.4) is 0 Å². The van der Waals surface area contributed by atoms with E-state index in [1.165, 1.54) is 17.2 Å². The molecule has 2 aromatic heterocycles. The number of ether oxygens (including phenoxy) is 1. The second kappa shape index (κ2) is 8.46. The molecule has 0 amide bonds. The molecule has 3 heterocycles. The summed E-state index contributed by atoms with van der Waals surface area (Å²) in [6.07, 6.45) is 0.581. The fraction of sp³-hybridized carbons (Fsp3) is 0.688. The van der Waals surface area contributed by atoms with Gasteiger partial charge in [-0.2, -0.15) is 0 Å². The third kappa shape index (κ3) is 4.58. The summed E-state index contributed by atoms with van der Waals surface area (Å²) in [6.45, 7) is 7.08. The molecule has 1 aliphatic rings. The molecule has 0 saturated carbocycles. The highest BCUT2D eigenvalue weighted by molar-refractivity contribution is 8.05. The highest BCUT2D eigenvalue weighted by Gasteiger charge is 2.52. The number of rotatable bonds is 8. The van der Waals surface area contributed by atoms with Crippen molar-refractivity contribution >= 4 is 36.3 Å². The minimum Gasteiger partial charge on any atom is -0.384 e. The number of aromatic nitrogens is 4. The van der Waals surface area contributed by atoms with E-state index in [1.807, 2.05) is 0 Å². The van der Waals surface area contributed by atoms with Crippen molar-refractivity contribution < 1.29 is 28.6 Å². The third-order valence-corrected chi connectivity index (χ3v) is 8.26. The molecule has 3 atom stereocenters. The van der Waals surface area contributed by atoms with Crippen LogP contribution >= 0.6 is 19.4 Å². The Labute approximate surface area is 172 Å². The van der Waals surface area contributed by atoms with Crippen LogP contribution in [0.2, 0.25) is 0 Å². The summed E-state index contributed by atoms with van der Waals surface area (Å²) in [4.78, 5) is 12.0. The SMILES string of the molecule is CC(C)OP(=O)(CS[C@H]1CO[C@](O)(n2cnc3c(N)ncnc32)[C@@H]1O)OC(C)C. The molecule has 0 spiro atoms. The molecule has 13 heteroatoms. The highest BCUT2D eigenvalue weighted by Crippen LogP contribution is 2.54. The van der Waals surface area contributed by atoms with Crippen molar-refractivity contribution in [3.63, 3.8) is 0 Å². The molecule has 0 unspecified atom stereocenters. The van der Waals surface area contributed by atoms with Crippen LogP contribution < -0.4 is 5.73 Å².